The monoisotopic (exact) mass is 541 g/mol. The lowest BCUT2D eigenvalue weighted by Crippen LogP contribution is -2.33. The van der Waals surface area contributed by atoms with Gasteiger partial charge in [-0.3, -0.25) is 4.98 Å². The van der Waals surface area contributed by atoms with E-state index in [0.29, 0.717) is 29.7 Å². The molecule has 4 aromatic rings. The molecule has 7 nitrogen and oxygen atoms in total. The summed E-state index contributed by atoms with van der Waals surface area (Å²) < 4.78 is 17.9. The van der Waals surface area contributed by atoms with Crippen LogP contribution in [0.5, 0.6) is 23.0 Å². The van der Waals surface area contributed by atoms with Gasteiger partial charge in [0, 0.05) is 42.1 Å². The number of para-hydroxylation sites is 1. The van der Waals surface area contributed by atoms with Crippen molar-refractivity contribution in [2.75, 3.05) is 44.8 Å². The molecule has 210 valence electrons. The van der Waals surface area contributed by atoms with Gasteiger partial charge in [0.05, 0.1) is 12.6 Å². The molecule has 3 aromatic carbocycles. The van der Waals surface area contributed by atoms with Crippen LogP contribution in [0, 0.1) is 5.92 Å². The Labute approximate surface area is 236 Å². The van der Waals surface area contributed by atoms with E-state index in [1.54, 1.807) is 13.3 Å². The fourth-order valence-corrected chi connectivity index (χ4v) is 5.15. The number of hydrogen-bond acceptors (Lipinski definition) is 7. The van der Waals surface area contributed by atoms with Crippen molar-refractivity contribution < 1.29 is 19.3 Å². The number of fused-ring (bicyclic) bond motifs is 1. The zero-order chi connectivity index (χ0) is 27.9. The third kappa shape index (κ3) is 6.84. The van der Waals surface area contributed by atoms with Crippen LogP contribution in [0.3, 0.4) is 0 Å². The first-order chi connectivity index (χ1) is 19.5. The van der Waals surface area contributed by atoms with Crippen molar-refractivity contribution in [3.8, 4) is 23.0 Å². The molecule has 5 rings (SSSR count). The maximum absolute atomic E-state index is 10.5. The van der Waals surface area contributed by atoms with Gasteiger partial charge in [0.1, 0.15) is 24.2 Å². The number of aliphatic hydroxyl groups is 1. The summed E-state index contributed by atoms with van der Waals surface area (Å²) >= 11 is 0. The quantitative estimate of drug-likeness (QED) is 0.215. The molecule has 0 saturated carbocycles. The molecule has 40 heavy (non-hydrogen) atoms. The van der Waals surface area contributed by atoms with E-state index in [1.807, 2.05) is 36.4 Å². The van der Waals surface area contributed by atoms with Gasteiger partial charge in [-0.15, -0.1) is 0 Å². The smallest absolute Gasteiger partial charge is 0.163 e. The molecule has 0 amide bonds. The van der Waals surface area contributed by atoms with Gasteiger partial charge in [-0.1, -0.05) is 32.0 Å². The van der Waals surface area contributed by atoms with Crippen molar-refractivity contribution >= 4 is 22.3 Å². The molecule has 0 radical (unpaired) electrons. The number of pyridine rings is 1. The summed E-state index contributed by atoms with van der Waals surface area (Å²) in [5.74, 6) is 3.05. The van der Waals surface area contributed by atoms with Crippen molar-refractivity contribution in [1.82, 2.24) is 9.88 Å². The highest BCUT2D eigenvalue weighted by Gasteiger charge is 2.18. The second-order valence-corrected chi connectivity index (χ2v) is 10.7. The van der Waals surface area contributed by atoms with Gasteiger partial charge in [-0.2, -0.15) is 0 Å². The van der Waals surface area contributed by atoms with Crippen LogP contribution in [-0.4, -0.2) is 61.0 Å². The number of ether oxygens (including phenoxy) is 3. The van der Waals surface area contributed by atoms with E-state index < -0.39 is 6.10 Å². The molecular weight excluding hydrogens is 502 g/mol. The Hall–Kier alpha value is -3.81. The lowest BCUT2D eigenvalue weighted by atomic mass is 10.1. The summed E-state index contributed by atoms with van der Waals surface area (Å²) in [6, 6.07) is 24.2. The van der Waals surface area contributed by atoms with E-state index in [4.69, 9.17) is 14.2 Å². The van der Waals surface area contributed by atoms with Crippen LogP contribution in [0.2, 0.25) is 0 Å². The Bertz CT molecular complexity index is 1370. The minimum atomic E-state index is -0.567. The molecule has 1 N–H and O–H groups in total. The average molecular weight is 542 g/mol. The largest absolute Gasteiger partial charge is 0.493 e. The van der Waals surface area contributed by atoms with Crippen LogP contribution in [0.25, 0.3) is 10.9 Å². The maximum atomic E-state index is 10.5. The van der Waals surface area contributed by atoms with E-state index in [0.717, 1.165) is 42.0 Å². The van der Waals surface area contributed by atoms with Crippen LogP contribution in [0.4, 0.5) is 11.4 Å². The number of likely N-dealkylation sites (tertiary alicyclic amines) is 1. The fourth-order valence-electron chi connectivity index (χ4n) is 5.15. The zero-order valence-corrected chi connectivity index (χ0v) is 23.6. The second-order valence-electron chi connectivity index (χ2n) is 10.7. The molecule has 1 aliphatic rings. The van der Waals surface area contributed by atoms with Crippen LogP contribution in [0.15, 0.2) is 79.0 Å². The number of hydrogen-bond donors (Lipinski definition) is 1. The zero-order valence-electron chi connectivity index (χ0n) is 23.6. The van der Waals surface area contributed by atoms with Gasteiger partial charge in [0.15, 0.2) is 11.5 Å². The first-order valence-corrected chi connectivity index (χ1v) is 14.1. The molecule has 1 aliphatic heterocycles. The number of aliphatic hydroxyl groups excluding tert-OH is 1. The van der Waals surface area contributed by atoms with E-state index in [2.05, 4.69) is 65.0 Å². The standard InChI is InChI=1S/C33H39N3O4/c1-24(2)21-36(25-9-5-4-6-10-25)26-11-13-28(14-12-26)40-31-15-16-34-30-20-33(32(38-3)19-29(30)31)39-23-27(37)22-35-17-7-8-18-35/h4-6,9-16,19-20,24,27,37H,7-8,17-18,21-23H2,1-3H3. The van der Waals surface area contributed by atoms with Crippen molar-refractivity contribution in [1.29, 1.82) is 0 Å². The van der Waals surface area contributed by atoms with Crippen molar-refractivity contribution in [3.63, 3.8) is 0 Å². The van der Waals surface area contributed by atoms with Crippen LogP contribution in [-0.2, 0) is 0 Å². The van der Waals surface area contributed by atoms with Gasteiger partial charge >= 0.3 is 0 Å². The molecule has 1 unspecified atom stereocenters. The van der Waals surface area contributed by atoms with Gasteiger partial charge < -0.3 is 29.1 Å². The Morgan fingerprint density at radius 3 is 2.33 bits per heavy atom. The summed E-state index contributed by atoms with van der Waals surface area (Å²) in [6.07, 6.45) is 3.54. The third-order valence-corrected chi connectivity index (χ3v) is 7.08. The number of rotatable bonds is 12. The van der Waals surface area contributed by atoms with E-state index in [9.17, 15) is 5.11 Å². The lowest BCUT2D eigenvalue weighted by molar-refractivity contribution is 0.0747. The molecule has 0 aliphatic carbocycles. The van der Waals surface area contributed by atoms with Gasteiger partial charge in [0.2, 0.25) is 0 Å². The number of methoxy groups -OCH3 is 1. The summed E-state index contributed by atoms with van der Waals surface area (Å²) in [4.78, 5) is 9.13. The maximum Gasteiger partial charge on any atom is 0.163 e. The van der Waals surface area contributed by atoms with Crippen LogP contribution >= 0.6 is 0 Å². The predicted octanol–water partition coefficient (Wildman–Crippen LogP) is 6.67. The highest BCUT2D eigenvalue weighted by molar-refractivity contribution is 5.88. The van der Waals surface area contributed by atoms with Crippen LogP contribution in [0.1, 0.15) is 26.7 Å². The minimum absolute atomic E-state index is 0.192. The Kier molecular flexibility index (Phi) is 9.04. The minimum Gasteiger partial charge on any atom is -0.493 e. The summed E-state index contributed by atoms with van der Waals surface area (Å²) in [5.41, 5.74) is 3.01. The van der Waals surface area contributed by atoms with Gasteiger partial charge in [-0.05, 0) is 80.4 Å². The third-order valence-electron chi connectivity index (χ3n) is 7.08. The van der Waals surface area contributed by atoms with E-state index in [1.165, 1.54) is 18.5 Å². The number of anilines is 2. The Morgan fingerprint density at radius 2 is 1.62 bits per heavy atom. The number of aromatic nitrogens is 1. The first-order valence-electron chi connectivity index (χ1n) is 14.1. The summed E-state index contributed by atoms with van der Waals surface area (Å²) in [5, 5.41) is 11.3. The fraction of sp³-hybridized carbons (Fsp3) is 0.364. The normalized spacial score (nSPS) is 14.4. The topological polar surface area (TPSA) is 67.3 Å². The van der Waals surface area contributed by atoms with Crippen LogP contribution < -0.4 is 19.1 Å². The highest BCUT2D eigenvalue weighted by Crippen LogP contribution is 2.38. The molecule has 2 heterocycles. The molecule has 0 spiro atoms. The SMILES string of the molecule is COc1cc2c(Oc3ccc(N(CC(C)C)c4ccccc4)cc3)ccnc2cc1OCC(O)CN1CCCC1. The van der Waals surface area contributed by atoms with E-state index in [-0.39, 0.29) is 6.61 Å². The number of nitrogens with zero attached hydrogens (tertiary/aromatic N) is 3. The predicted molar refractivity (Wildman–Crippen MR) is 160 cm³/mol. The summed E-state index contributed by atoms with van der Waals surface area (Å²) in [6.45, 7) is 8.25. The molecule has 1 fully saturated rings. The van der Waals surface area contributed by atoms with Crippen molar-refractivity contribution in [3.05, 3.63) is 79.0 Å². The van der Waals surface area contributed by atoms with Crippen molar-refractivity contribution in [2.45, 2.75) is 32.8 Å². The van der Waals surface area contributed by atoms with Gasteiger partial charge in [-0.25, -0.2) is 0 Å². The molecule has 1 aromatic heterocycles. The lowest BCUT2D eigenvalue weighted by Gasteiger charge is -2.27. The average Bonchev–Trinajstić information content (AvgIpc) is 3.48. The molecule has 1 atom stereocenters. The first kappa shape index (κ1) is 27.7. The van der Waals surface area contributed by atoms with Gasteiger partial charge in [0.25, 0.3) is 0 Å². The molecule has 7 heteroatoms. The highest BCUT2D eigenvalue weighted by atomic mass is 16.5. The Balaban J connectivity index is 1.32. The number of β-amino-alcohol motifs (C(OH)–C–C–N with tert-alkyl or cyclic N) is 1. The molecule has 0 bridgehead atoms. The van der Waals surface area contributed by atoms with Crippen molar-refractivity contribution in [2.24, 2.45) is 5.92 Å². The Morgan fingerprint density at radius 1 is 0.900 bits per heavy atom. The van der Waals surface area contributed by atoms with E-state index >= 15 is 0 Å². The number of benzene rings is 3. The second kappa shape index (κ2) is 13.0. The molecule has 1 saturated heterocycles. The summed E-state index contributed by atoms with van der Waals surface area (Å²) in [7, 11) is 1.61. The molecular formula is C33H39N3O4.